The monoisotopic (exact) mass is 429 g/mol. The summed E-state index contributed by atoms with van der Waals surface area (Å²) in [4.78, 5) is 18.9. The maximum atomic E-state index is 13.1. The molecule has 1 aromatic heterocycles. The average molecular weight is 429 g/mol. The Hall–Kier alpha value is -2.01. The highest BCUT2D eigenvalue weighted by molar-refractivity contribution is 5.93. The Kier molecular flexibility index (Phi) is 6.87. The first-order valence-corrected chi connectivity index (χ1v) is 9.82. The second-order valence-corrected chi connectivity index (χ2v) is 7.75. The van der Waals surface area contributed by atoms with E-state index in [-0.39, 0.29) is 37.5 Å². The molecule has 1 amide bonds. The van der Waals surface area contributed by atoms with E-state index in [9.17, 15) is 9.18 Å². The van der Waals surface area contributed by atoms with Crippen molar-refractivity contribution in [3.8, 4) is 5.88 Å². The lowest BCUT2D eigenvalue weighted by Crippen LogP contribution is -2.52. The van der Waals surface area contributed by atoms with Crippen molar-refractivity contribution in [1.29, 1.82) is 0 Å². The van der Waals surface area contributed by atoms with Gasteiger partial charge in [0, 0.05) is 26.2 Å². The molecule has 0 saturated carbocycles. The number of hydrogen-bond donors (Lipinski definition) is 2. The number of amides is 1. The minimum atomic E-state index is -2.91. The molecule has 3 rings (SSSR count). The molecule has 0 radical (unpaired) electrons. The Morgan fingerprint density at radius 1 is 1.50 bits per heavy atom. The van der Waals surface area contributed by atoms with Crippen LogP contribution in [0, 0.1) is 5.41 Å². The van der Waals surface area contributed by atoms with Crippen LogP contribution >= 0.6 is 0 Å². The molecular formula is C20H30FN3O6. The van der Waals surface area contributed by atoms with Gasteiger partial charge < -0.3 is 34.3 Å². The smallest absolute Gasteiger partial charge is 0.270 e. The fourth-order valence-electron chi connectivity index (χ4n) is 3.16. The number of aliphatic hydroxyl groups is 1. The van der Waals surface area contributed by atoms with E-state index >= 15 is 0 Å². The molecule has 0 aliphatic carbocycles. The minimum absolute atomic E-state index is 0.0649. The Bertz CT molecular complexity index is 787. The summed E-state index contributed by atoms with van der Waals surface area (Å²) in [5.74, 6) is -0.174. The third-order valence-corrected chi connectivity index (χ3v) is 5.14. The number of anilines is 1. The molecule has 0 spiro atoms. The van der Waals surface area contributed by atoms with Crippen LogP contribution < -0.4 is 15.0 Å². The second-order valence-electron chi connectivity index (χ2n) is 7.75. The first kappa shape index (κ1) is 19.9. The van der Waals surface area contributed by atoms with Crippen LogP contribution in [0.1, 0.15) is 20.2 Å². The number of methoxy groups -OCH3 is 1. The van der Waals surface area contributed by atoms with Gasteiger partial charge in [-0.3, -0.25) is 4.79 Å². The predicted octanol–water partition coefficient (Wildman–Crippen LogP) is 0.409. The summed E-state index contributed by atoms with van der Waals surface area (Å²) in [5.41, 5.74) is 0.299. The first-order chi connectivity index (χ1) is 15.1. The van der Waals surface area contributed by atoms with Gasteiger partial charge in [0.2, 0.25) is 5.88 Å². The lowest BCUT2D eigenvalue weighted by atomic mass is 9.88. The standard InChI is InChI=1S/C20H30FN3O6/c1-14(9-25)22-18(26)16-3-4-17(24-7-15(8-24)27-2)19(23-16)30-13-20(11-29-12-20)10-28-6-5-21/h3-4,14-15,25H,5-13H2,1-2H3,(H,22,26)/i5D2. The van der Waals surface area contributed by atoms with Gasteiger partial charge in [-0.2, -0.15) is 0 Å². The average Bonchev–Trinajstić information content (AvgIpc) is 2.68. The summed E-state index contributed by atoms with van der Waals surface area (Å²) >= 11 is 0. The molecule has 2 fully saturated rings. The summed E-state index contributed by atoms with van der Waals surface area (Å²) in [6.45, 7) is 0.0515. The van der Waals surface area contributed by atoms with Gasteiger partial charge in [-0.25, -0.2) is 9.37 Å². The third kappa shape index (κ3) is 5.37. The first-order valence-electron chi connectivity index (χ1n) is 10.8. The van der Waals surface area contributed by atoms with Crippen molar-refractivity contribution >= 4 is 11.6 Å². The third-order valence-electron chi connectivity index (χ3n) is 5.14. The van der Waals surface area contributed by atoms with Gasteiger partial charge in [-0.1, -0.05) is 0 Å². The van der Waals surface area contributed by atoms with Crippen LogP contribution in [0.3, 0.4) is 0 Å². The van der Waals surface area contributed by atoms with E-state index in [2.05, 4.69) is 10.3 Å². The fourth-order valence-corrected chi connectivity index (χ4v) is 3.16. The maximum Gasteiger partial charge on any atom is 0.270 e. The zero-order valence-electron chi connectivity index (χ0n) is 19.2. The number of aliphatic hydroxyl groups excluding tert-OH is 1. The van der Waals surface area contributed by atoms with E-state index in [1.54, 1.807) is 26.2 Å². The topological polar surface area (TPSA) is 102 Å². The number of halogens is 1. The van der Waals surface area contributed by atoms with Gasteiger partial charge in [0.25, 0.3) is 5.91 Å². The van der Waals surface area contributed by atoms with Crippen molar-refractivity contribution < 1.29 is 36.0 Å². The van der Waals surface area contributed by atoms with Gasteiger partial charge in [-0.05, 0) is 19.1 Å². The number of rotatable bonds is 12. The van der Waals surface area contributed by atoms with Crippen LogP contribution in [0.4, 0.5) is 10.1 Å². The summed E-state index contributed by atoms with van der Waals surface area (Å²) < 4.78 is 48.8. The van der Waals surface area contributed by atoms with E-state index in [4.69, 9.17) is 26.8 Å². The number of nitrogens with zero attached hydrogens (tertiary/aromatic N) is 2. The van der Waals surface area contributed by atoms with Gasteiger partial charge in [0.15, 0.2) is 0 Å². The Morgan fingerprint density at radius 2 is 2.27 bits per heavy atom. The minimum Gasteiger partial charge on any atom is -0.475 e. The highest BCUT2D eigenvalue weighted by atomic mass is 19.1. The molecule has 2 aliphatic heterocycles. The SMILES string of the molecule is [2H]C([2H])(F)COCC1(COc2nc(C(=O)NC(C)CO)ccc2N2CC(OC)C2)COC1. The number of nitrogens with one attached hydrogen (secondary N) is 1. The molecule has 0 aromatic carbocycles. The van der Waals surface area contributed by atoms with Crippen LogP contribution in [0.25, 0.3) is 0 Å². The number of ether oxygens (including phenoxy) is 4. The zero-order chi connectivity index (χ0) is 23.4. The van der Waals surface area contributed by atoms with E-state index in [0.717, 1.165) is 0 Å². The van der Waals surface area contributed by atoms with Crippen molar-refractivity contribution in [3.05, 3.63) is 17.8 Å². The molecule has 1 atom stereocenters. The predicted molar refractivity (Wildman–Crippen MR) is 107 cm³/mol. The van der Waals surface area contributed by atoms with E-state index in [0.29, 0.717) is 32.0 Å². The van der Waals surface area contributed by atoms with Gasteiger partial charge in [0.1, 0.15) is 24.6 Å². The summed E-state index contributed by atoms with van der Waals surface area (Å²) in [6.07, 6.45) is 0.103. The quantitative estimate of drug-likeness (QED) is 0.493. The molecule has 3 heterocycles. The molecule has 1 aromatic rings. The molecule has 30 heavy (non-hydrogen) atoms. The highest BCUT2D eigenvalue weighted by Crippen LogP contribution is 2.34. The normalized spacial score (nSPS) is 20.5. The zero-order valence-corrected chi connectivity index (χ0v) is 17.2. The molecule has 2 saturated heterocycles. The van der Waals surface area contributed by atoms with Crippen LogP contribution in [-0.4, -0.2) is 94.6 Å². The van der Waals surface area contributed by atoms with Crippen LogP contribution in [-0.2, 0) is 14.2 Å². The number of aromatic nitrogens is 1. The van der Waals surface area contributed by atoms with Crippen molar-refractivity contribution in [3.63, 3.8) is 0 Å². The van der Waals surface area contributed by atoms with E-state index in [1.807, 2.05) is 4.90 Å². The number of carbonyl (C=O) groups is 1. The van der Waals surface area contributed by atoms with Gasteiger partial charge >= 0.3 is 0 Å². The highest BCUT2D eigenvalue weighted by Gasteiger charge is 2.41. The van der Waals surface area contributed by atoms with Crippen LogP contribution in [0.15, 0.2) is 12.1 Å². The molecule has 0 bridgehead atoms. The lowest BCUT2D eigenvalue weighted by Gasteiger charge is -2.42. The lowest BCUT2D eigenvalue weighted by molar-refractivity contribution is -0.164. The molecular weight excluding hydrogens is 397 g/mol. The van der Waals surface area contributed by atoms with E-state index in [1.165, 1.54) is 0 Å². The summed E-state index contributed by atoms with van der Waals surface area (Å²) in [7, 11) is 1.65. The Labute approximate surface area is 178 Å². The number of pyridine rings is 1. The van der Waals surface area contributed by atoms with Crippen LogP contribution in [0.5, 0.6) is 5.88 Å². The number of hydrogen-bond acceptors (Lipinski definition) is 8. The Balaban J connectivity index is 1.71. The number of carbonyl (C=O) groups excluding carboxylic acids is 1. The van der Waals surface area contributed by atoms with Crippen molar-refractivity contribution in [2.24, 2.45) is 5.41 Å². The Morgan fingerprint density at radius 3 is 2.87 bits per heavy atom. The largest absolute Gasteiger partial charge is 0.475 e. The van der Waals surface area contributed by atoms with Crippen LogP contribution in [0.2, 0.25) is 0 Å². The molecule has 1 unspecified atom stereocenters. The molecule has 168 valence electrons. The molecule has 2 aliphatic rings. The van der Waals surface area contributed by atoms with Crippen molar-refractivity contribution in [1.82, 2.24) is 10.3 Å². The number of alkyl halides is 1. The van der Waals surface area contributed by atoms with Gasteiger partial charge in [0.05, 0.1) is 47.3 Å². The molecule has 2 N–H and O–H groups in total. The molecule has 10 heteroatoms. The second kappa shape index (κ2) is 10.3. The summed E-state index contributed by atoms with van der Waals surface area (Å²) in [5, 5.41) is 11.8. The summed E-state index contributed by atoms with van der Waals surface area (Å²) in [6, 6.07) is 2.93. The maximum absolute atomic E-state index is 13.1. The van der Waals surface area contributed by atoms with Crippen molar-refractivity contribution in [2.75, 3.05) is 71.4 Å². The van der Waals surface area contributed by atoms with Crippen molar-refractivity contribution in [2.45, 2.75) is 19.1 Å². The molecule has 9 nitrogen and oxygen atoms in total. The van der Waals surface area contributed by atoms with Gasteiger partial charge in [-0.15, -0.1) is 0 Å². The fraction of sp³-hybridized carbons (Fsp3) is 0.700. The van der Waals surface area contributed by atoms with E-state index < -0.39 is 30.6 Å².